The highest BCUT2D eigenvalue weighted by Crippen LogP contribution is 2.28. The number of carboxylic acids is 1. The number of nitrogens with one attached hydrogen (secondary N) is 1. The minimum Gasteiger partial charge on any atom is -0.480 e. The Morgan fingerprint density at radius 3 is 2.19 bits per heavy atom. The third-order valence-corrected chi connectivity index (χ3v) is 3.78. The number of carboxylic acid groups (broad SMARTS) is 1. The van der Waals surface area contributed by atoms with Crippen molar-refractivity contribution in [1.82, 2.24) is 5.32 Å². The summed E-state index contributed by atoms with van der Waals surface area (Å²) < 4.78 is 26.1. The van der Waals surface area contributed by atoms with E-state index in [1.807, 2.05) is 0 Å². The van der Waals surface area contributed by atoms with Crippen molar-refractivity contribution >= 4 is 11.9 Å². The van der Waals surface area contributed by atoms with E-state index in [1.54, 1.807) is 0 Å². The number of aliphatic carboxylic acids is 1. The van der Waals surface area contributed by atoms with E-state index in [4.69, 9.17) is 0 Å². The van der Waals surface area contributed by atoms with Crippen molar-refractivity contribution in [3.8, 4) is 0 Å². The van der Waals surface area contributed by atoms with E-state index in [0.29, 0.717) is 12.8 Å². The molecule has 0 atom stereocenters. The molecule has 114 valence electrons. The van der Waals surface area contributed by atoms with Gasteiger partial charge in [-0.1, -0.05) is 19.3 Å². The summed E-state index contributed by atoms with van der Waals surface area (Å²) in [6.45, 7) is 0. The van der Waals surface area contributed by atoms with Crippen LogP contribution in [0.5, 0.6) is 0 Å². The number of rotatable bonds is 4. The predicted molar refractivity (Wildman–Crippen MR) is 71.7 cm³/mol. The second-order valence-corrected chi connectivity index (χ2v) is 5.45. The highest BCUT2D eigenvalue weighted by Gasteiger charge is 2.40. The normalized spacial score (nSPS) is 17.2. The Morgan fingerprint density at radius 1 is 1.10 bits per heavy atom. The number of halogens is 2. The molecule has 0 bridgehead atoms. The van der Waals surface area contributed by atoms with Crippen LogP contribution in [-0.2, 0) is 16.0 Å². The third-order valence-electron chi connectivity index (χ3n) is 3.78. The first-order valence-electron chi connectivity index (χ1n) is 6.91. The molecule has 21 heavy (non-hydrogen) atoms. The molecule has 0 aromatic heterocycles. The summed E-state index contributed by atoms with van der Waals surface area (Å²) in [7, 11) is 0. The van der Waals surface area contributed by atoms with Crippen molar-refractivity contribution < 1.29 is 23.5 Å². The molecule has 2 N–H and O–H groups in total. The van der Waals surface area contributed by atoms with Crippen LogP contribution < -0.4 is 5.32 Å². The van der Waals surface area contributed by atoms with Crippen LogP contribution in [0.1, 0.15) is 37.7 Å². The van der Waals surface area contributed by atoms with Crippen LogP contribution in [0, 0.1) is 11.6 Å². The minimum absolute atomic E-state index is 0.182. The highest BCUT2D eigenvalue weighted by atomic mass is 19.1. The van der Waals surface area contributed by atoms with Gasteiger partial charge in [0, 0.05) is 6.07 Å². The molecule has 1 aromatic rings. The average molecular weight is 297 g/mol. The summed E-state index contributed by atoms with van der Waals surface area (Å²) >= 11 is 0. The maximum Gasteiger partial charge on any atom is 0.329 e. The lowest BCUT2D eigenvalue weighted by Crippen LogP contribution is -2.56. The van der Waals surface area contributed by atoms with Gasteiger partial charge in [0.1, 0.15) is 17.2 Å². The summed E-state index contributed by atoms with van der Waals surface area (Å²) in [5.74, 6) is -3.11. The fraction of sp³-hybridized carbons (Fsp3) is 0.467. The molecule has 2 rings (SSSR count). The molecular formula is C15H17F2NO3. The molecule has 0 heterocycles. The Balaban J connectivity index is 2.07. The SMILES string of the molecule is O=C(Cc1cc(F)cc(F)c1)NC1(C(=O)O)CCCCC1. The number of amides is 1. The number of benzene rings is 1. The molecule has 1 aromatic carbocycles. The molecule has 0 saturated heterocycles. The van der Waals surface area contributed by atoms with Gasteiger partial charge < -0.3 is 10.4 Å². The Labute approximate surface area is 121 Å². The summed E-state index contributed by atoms with van der Waals surface area (Å²) in [6, 6.07) is 2.86. The van der Waals surface area contributed by atoms with Crippen molar-refractivity contribution in [2.24, 2.45) is 0 Å². The molecule has 6 heteroatoms. The number of carbonyl (C=O) groups excluding carboxylic acids is 1. The van der Waals surface area contributed by atoms with Gasteiger partial charge >= 0.3 is 5.97 Å². The van der Waals surface area contributed by atoms with Crippen molar-refractivity contribution in [3.05, 3.63) is 35.4 Å². The molecule has 1 aliphatic rings. The lowest BCUT2D eigenvalue weighted by Gasteiger charge is -2.34. The summed E-state index contributed by atoms with van der Waals surface area (Å²) in [4.78, 5) is 23.4. The van der Waals surface area contributed by atoms with Gasteiger partial charge in [-0.2, -0.15) is 0 Å². The maximum atomic E-state index is 13.1. The molecule has 0 radical (unpaired) electrons. The lowest BCUT2D eigenvalue weighted by atomic mass is 9.81. The van der Waals surface area contributed by atoms with Crippen LogP contribution in [0.2, 0.25) is 0 Å². The van der Waals surface area contributed by atoms with Gasteiger partial charge in [-0.15, -0.1) is 0 Å². The van der Waals surface area contributed by atoms with Gasteiger partial charge in [0.25, 0.3) is 0 Å². The third kappa shape index (κ3) is 3.77. The Morgan fingerprint density at radius 2 is 1.67 bits per heavy atom. The van der Waals surface area contributed by atoms with Crippen LogP contribution >= 0.6 is 0 Å². The van der Waals surface area contributed by atoms with Gasteiger partial charge in [-0.05, 0) is 30.5 Å². The molecule has 1 fully saturated rings. The van der Waals surface area contributed by atoms with Crippen molar-refractivity contribution in [2.45, 2.75) is 44.1 Å². The quantitative estimate of drug-likeness (QED) is 0.897. The van der Waals surface area contributed by atoms with E-state index >= 15 is 0 Å². The molecule has 0 aliphatic heterocycles. The molecular weight excluding hydrogens is 280 g/mol. The maximum absolute atomic E-state index is 13.1. The van der Waals surface area contributed by atoms with E-state index in [1.165, 1.54) is 0 Å². The zero-order valence-corrected chi connectivity index (χ0v) is 11.5. The van der Waals surface area contributed by atoms with Crippen molar-refractivity contribution in [2.75, 3.05) is 0 Å². The second kappa shape index (κ2) is 6.20. The standard InChI is InChI=1S/C15H17F2NO3/c16-11-6-10(7-12(17)9-11)8-13(19)18-15(14(20)21)4-2-1-3-5-15/h6-7,9H,1-5,8H2,(H,18,19)(H,20,21). The van der Waals surface area contributed by atoms with Crippen LogP contribution in [0.3, 0.4) is 0 Å². The minimum atomic E-state index is -1.25. The van der Waals surface area contributed by atoms with Crippen molar-refractivity contribution in [1.29, 1.82) is 0 Å². The van der Waals surface area contributed by atoms with Gasteiger partial charge in [-0.3, -0.25) is 4.79 Å². The zero-order valence-electron chi connectivity index (χ0n) is 11.5. The van der Waals surface area contributed by atoms with Crippen LogP contribution in [-0.4, -0.2) is 22.5 Å². The van der Waals surface area contributed by atoms with Gasteiger partial charge in [0.2, 0.25) is 5.91 Å². The number of hydrogen-bond donors (Lipinski definition) is 2. The molecule has 0 spiro atoms. The number of carbonyl (C=O) groups is 2. The predicted octanol–water partition coefficient (Wildman–Crippen LogP) is 2.41. The summed E-state index contributed by atoms with van der Waals surface area (Å²) in [5, 5.41) is 11.9. The van der Waals surface area contributed by atoms with Gasteiger partial charge in [-0.25, -0.2) is 13.6 Å². The molecule has 1 saturated carbocycles. The van der Waals surface area contributed by atoms with E-state index in [9.17, 15) is 23.5 Å². The molecule has 1 amide bonds. The van der Waals surface area contributed by atoms with Crippen LogP contribution in [0.15, 0.2) is 18.2 Å². The van der Waals surface area contributed by atoms with Gasteiger partial charge in [0.15, 0.2) is 0 Å². The Bertz CT molecular complexity index is 534. The first kappa shape index (κ1) is 15.4. The second-order valence-electron chi connectivity index (χ2n) is 5.45. The fourth-order valence-electron chi connectivity index (χ4n) is 2.76. The monoisotopic (exact) mass is 297 g/mol. The van der Waals surface area contributed by atoms with E-state index in [2.05, 4.69) is 5.32 Å². The van der Waals surface area contributed by atoms with E-state index < -0.39 is 29.0 Å². The van der Waals surface area contributed by atoms with E-state index in [-0.39, 0.29) is 12.0 Å². The average Bonchev–Trinajstić information content (AvgIpc) is 2.37. The van der Waals surface area contributed by atoms with Gasteiger partial charge in [0.05, 0.1) is 6.42 Å². The zero-order chi connectivity index (χ0) is 15.5. The first-order chi connectivity index (χ1) is 9.91. The lowest BCUT2D eigenvalue weighted by molar-refractivity contribution is -0.149. The Hall–Kier alpha value is -1.98. The number of hydrogen-bond acceptors (Lipinski definition) is 2. The summed E-state index contributed by atoms with van der Waals surface area (Å²) in [6.07, 6.45) is 2.93. The molecule has 0 unspecified atom stereocenters. The highest BCUT2D eigenvalue weighted by molar-refractivity contribution is 5.88. The molecule has 1 aliphatic carbocycles. The molecule has 4 nitrogen and oxygen atoms in total. The topological polar surface area (TPSA) is 66.4 Å². The first-order valence-corrected chi connectivity index (χ1v) is 6.91. The van der Waals surface area contributed by atoms with Crippen LogP contribution in [0.4, 0.5) is 8.78 Å². The smallest absolute Gasteiger partial charge is 0.329 e. The Kier molecular flexibility index (Phi) is 4.55. The van der Waals surface area contributed by atoms with Crippen molar-refractivity contribution in [3.63, 3.8) is 0 Å². The largest absolute Gasteiger partial charge is 0.480 e. The fourth-order valence-corrected chi connectivity index (χ4v) is 2.76. The van der Waals surface area contributed by atoms with E-state index in [0.717, 1.165) is 37.5 Å². The summed E-state index contributed by atoms with van der Waals surface area (Å²) in [5.41, 5.74) is -1.07. The van der Waals surface area contributed by atoms with Crippen LogP contribution in [0.25, 0.3) is 0 Å².